The quantitative estimate of drug-likeness (QED) is 0.796. The van der Waals surface area contributed by atoms with Crippen LogP contribution in [-0.2, 0) is 0 Å². The lowest BCUT2D eigenvalue weighted by atomic mass is 10.2. The van der Waals surface area contributed by atoms with E-state index < -0.39 is 0 Å². The van der Waals surface area contributed by atoms with Crippen molar-refractivity contribution in [3.8, 4) is 0 Å². The molecule has 1 aromatic heterocycles. The molecule has 0 bridgehead atoms. The second kappa shape index (κ2) is 4.14. The van der Waals surface area contributed by atoms with Crippen molar-refractivity contribution < 1.29 is 4.42 Å². The first-order valence-electron chi connectivity index (χ1n) is 5.88. The molecule has 0 aromatic carbocycles. The monoisotopic (exact) mass is 239 g/mol. The van der Waals surface area contributed by atoms with Gasteiger partial charge in [0.05, 0.1) is 5.71 Å². The summed E-state index contributed by atoms with van der Waals surface area (Å²) in [5.41, 5.74) is 3.42. The van der Waals surface area contributed by atoms with Crippen molar-refractivity contribution in [2.24, 2.45) is 0 Å². The number of rotatable bonds is 1. The van der Waals surface area contributed by atoms with Crippen LogP contribution in [0.3, 0.4) is 0 Å². The fourth-order valence-corrected chi connectivity index (χ4v) is 1.86. The van der Waals surface area contributed by atoms with Crippen molar-refractivity contribution in [2.75, 3.05) is 6.54 Å². The summed E-state index contributed by atoms with van der Waals surface area (Å²) in [6.45, 7) is 3.03. The molecule has 0 atom stereocenters. The predicted molar refractivity (Wildman–Crippen MR) is 71.0 cm³/mol. The largest absolute Gasteiger partial charge is 0.436 e. The molecule has 3 rings (SSSR count). The summed E-state index contributed by atoms with van der Waals surface area (Å²) in [5, 5.41) is 7.55. The van der Waals surface area contributed by atoms with Gasteiger partial charge in [0, 0.05) is 30.6 Å². The van der Waals surface area contributed by atoms with Gasteiger partial charge < -0.3 is 14.7 Å². The zero-order valence-electron chi connectivity index (χ0n) is 10.1. The van der Waals surface area contributed by atoms with E-state index >= 15 is 0 Å². The maximum atomic E-state index is 7.55. The minimum Gasteiger partial charge on any atom is -0.436 e. The fraction of sp³-hybridized carbons (Fsp3) is 0.143. The first-order chi connectivity index (χ1) is 8.76. The van der Waals surface area contributed by atoms with E-state index in [1.807, 2.05) is 24.6 Å². The van der Waals surface area contributed by atoms with Gasteiger partial charge in [-0.15, -0.1) is 0 Å². The highest BCUT2D eigenvalue weighted by molar-refractivity contribution is 6.18. The van der Waals surface area contributed by atoms with Crippen LogP contribution in [0, 0.1) is 5.41 Å². The summed E-state index contributed by atoms with van der Waals surface area (Å²) in [7, 11) is 0. The first-order valence-corrected chi connectivity index (χ1v) is 5.88. The van der Waals surface area contributed by atoms with E-state index in [0.717, 1.165) is 17.8 Å². The molecule has 4 heteroatoms. The van der Waals surface area contributed by atoms with Gasteiger partial charge in [-0.05, 0) is 31.2 Å². The molecular weight excluding hydrogens is 226 g/mol. The lowest BCUT2D eigenvalue weighted by Gasteiger charge is -2.14. The van der Waals surface area contributed by atoms with Crippen molar-refractivity contribution in [3.05, 3.63) is 47.3 Å². The third-order valence-electron chi connectivity index (χ3n) is 2.89. The zero-order valence-corrected chi connectivity index (χ0v) is 10.1. The van der Waals surface area contributed by atoms with Crippen LogP contribution in [0.1, 0.15) is 12.6 Å². The van der Waals surface area contributed by atoms with Crippen LogP contribution < -0.4 is 11.0 Å². The number of hydrogen-bond donors (Lipinski definition) is 1. The molecule has 0 fully saturated rings. The first kappa shape index (κ1) is 10.8. The van der Waals surface area contributed by atoms with Crippen LogP contribution >= 0.6 is 0 Å². The van der Waals surface area contributed by atoms with E-state index in [1.165, 1.54) is 0 Å². The molecule has 0 unspecified atom stereocenters. The van der Waals surface area contributed by atoms with Gasteiger partial charge in [-0.2, -0.15) is 0 Å². The summed E-state index contributed by atoms with van der Waals surface area (Å²) in [5.74, 6) is 0. The smallest absolute Gasteiger partial charge is 0.227 e. The SMILES string of the molecule is CCN1C=CC(=c2nc3c(o2)=CC(=N)C=C3)C=C1. The van der Waals surface area contributed by atoms with E-state index in [-0.39, 0.29) is 0 Å². The average Bonchev–Trinajstić information content (AvgIpc) is 2.81. The van der Waals surface area contributed by atoms with Crippen LogP contribution in [0.15, 0.2) is 35.0 Å². The van der Waals surface area contributed by atoms with E-state index in [0.29, 0.717) is 16.7 Å². The van der Waals surface area contributed by atoms with Gasteiger partial charge in [-0.25, -0.2) is 4.98 Å². The molecule has 2 heterocycles. The molecule has 2 aliphatic rings. The Morgan fingerprint density at radius 2 is 2.00 bits per heavy atom. The van der Waals surface area contributed by atoms with Gasteiger partial charge in [0.1, 0.15) is 5.69 Å². The molecule has 1 aliphatic heterocycles. The topological polar surface area (TPSA) is 53.1 Å². The second-order valence-corrected chi connectivity index (χ2v) is 4.12. The Morgan fingerprint density at radius 3 is 2.72 bits per heavy atom. The predicted octanol–water partition coefficient (Wildman–Crippen LogP) is 1.02. The molecule has 90 valence electrons. The molecule has 18 heavy (non-hydrogen) atoms. The Labute approximate surface area is 104 Å². The fourth-order valence-electron chi connectivity index (χ4n) is 1.86. The Kier molecular flexibility index (Phi) is 2.48. The number of hydrogen-bond acceptors (Lipinski definition) is 4. The van der Waals surface area contributed by atoms with Gasteiger partial charge in [-0.3, -0.25) is 0 Å². The maximum Gasteiger partial charge on any atom is 0.227 e. The molecule has 4 nitrogen and oxygen atoms in total. The number of aromatic nitrogens is 1. The lowest BCUT2D eigenvalue weighted by molar-refractivity contribution is 0.488. The number of allylic oxidation sites excluding steroid dienone is 3. The highest BCUT2D eigenvalue weighted by Gasteiger charge is 2.08. The van der Waals surface area contributed by atoms with Gasteiger partial charge in [0.25, 0.3) is 0 Å². The van der Waals surface area contributed by atoms with E-state index in [9.17, 15) is 0 Å². The summed E-state index contributed by atoms with van der Waals surface area (Å²) in [6.07, 6.45) is 13.2. The van der Waals surface area contributed by atoms with Crippen LogP contribution in [0.4, 0.5) is 0 Å². The van der Waals surface area contributed by atoms with E-state index in [2.05, 4.69) is 16.8 Å². The van der Waals surface area contributed by atoms with Crippen molar-refractivity contribution in [2.45, 2.75) is 6.92 Å². The van der Waals surface area contributed by atoms with Crippen molar-refractivity contribution in [3.63, 3.8) is 0 Å². The van der Waals surface area contributed by atoms with Crippen LogP contribution in [-0.4, -0.2) is 22.1 Å². The van der Waals surface area contributed by atoms with Crippen LogP contribution in [0.2, 0.25) is 0 Å². The van der Waals surface area contributed by atoms with Crippen molar-refractivity contribution in [1.82, 2.24) is 9.88 Å². The number of nitrogens with one attached hydrogen (secondary N) is 1. The second-order valence-electron chi connectivity index (χ2n) is 4.12. The Hall–Kier alpha value is -2.36. The van der Waals surface area contributed by atoms with Gasteiger partial charge in [-0.1, -0.05) is 0 Å². The summed E-state index contributed by atoms with van der Waals surface area (Å²) >= 11 is 0. The normalized spacial score (nSPS) is 17.1. The Bertz CT molecular complexity index is 688. The summed E-state index contributed by atoms with van der Waals surface area (Å²) in [6, 6.07) is 0. The third-order valence-corrected chi connectivity index (χ3v) is 2.89. The van der Waals surface area contributed by atoms with Crippen LogP contribution in [0.5, 0.6) is 0 Å². The molecule has 1 aromatic rings. The summed E-state index contributed by atoms with van der Waals surface area (Å²) in [4.78, 5) is 6.50. The van der Waals surface area contributed by atoms with Gasteiger partial charge in [0.15, 0.2) is 5.42 Å². The molecule has 1 aliphatic carbocycles. The minimum absolute atomic E-state index is 0.432. The maximum absolute atomic E-state index is 7.55. The average molecular weight is 239 g/mol. The van der Waals surface area contributed by atoms with E-state index in [1.54, 1.807) is 18.2 Å². The number of fused-ring (bicyclic) bond motifs is 1. The highest BCUT2D eigenvalue weighted by Crippen LogP contribution is 2.08. The summed E-state index contributed by atoms with van der Waals surface area (Å²) < 4.78 is 5.67. The molecule has 0 radical (unpaired) electrons. The lowest BCUT2D eigenvalue weighted by Crippen LogP contribution is -2.13. The minimum atomic E-state index is 0.432. The number of oxazole rings is 1. The standard InChI is InChI=1S/C14H13N3O/c1-2-17-7-5-10(6-8-17)14-16-12-4-3-11(15)9-13(12)18-14/h3-9,15H,2H2,1H3. The zero-order chi connectivity index (χ0) is 12.5. The third kappa shape index (κ3) is 1.82. The molecular formula is C14H13N3O. The van der Waals surface area contributed by atoms with E-state index in [4.69, 9.17) is 9.83 Å². The molecule has 0 saturated carbocycles. The van der Waals surface area contributed by atoms with Crippen molar-refractivity contribution in [1.29, 1.82) is 5.41 Å². The van der Waals surface area contributed by atoms with Crippen molar-refractivity contribution >= 4 is 23.4 Å². The molecule has 0 spiro atoms. The molecule has 0 amide bonds. The van der Waals surface area contributed by atoms with Gasteiger partial charge >= 0.3 is 0 Å². The van der Waals surface area contributed by atoms with Crippen LogP contribution in [0.25, 0.3) is 17.7 Å². The molecule has 0 saturated heterocycles. The highest BCUT2D eigenvalue weighted by atomic mass is 16.3. The molecule has 1 N–H and O–H groups in total. The Morgan fingerprint density at radius 1 is 1.22 bits per heavy atom. The Balaban J connectivity index is 2.10. The van der Waals surface area contributed by atoms with Gasteiger partial charge in [0.2, 0.25) is 5.55 Å². The number of nitrogens with zero attached hydrogens (tertiary/aromatic N) is 2.